The summed E-state index contributed by atoms with van der Waals surface area (Å²) in [5, 5.41) is 25.5. The van der Waals surface area contributed by atoms with E-state index in [0.29, 0.717) is 41.9 Å². The minimum Gasteiger partial charge on any atom is -0.494 e. The van der Waals surface area contributed by atoms with Gasteiger partial charge in [-0.2, -0.15) is 18.4 Å². The molecule has 15 nitrogen and oxygen atoms in total. The molecule has 0 spiro atoms. The lowest BCUT2D eigenvalue weighted by molar-refractivity contribution is -0.144. The number of likely N-dealkylation sites (tertiary alicyclic amines) is 1. The van der Waals surface area contributed by atoms with Crippen molar-refractivity contribution >= 4 is 52.4 Å². The van der Waals surface area contributed by atoms with Gasteiger partial charge >= 0.3 is 12.2 Å². The fraction of sp³-hybridized carbons (Fsp3) is 0.377. The van der Waals surface area contributed by atoms with Gasteiger partial charge in [0.1, 0.15) is 30.0 Å². The number of amides is 6. The number of nitriles is 1. The van der Waals surface area contributed by atoms with E-state index in [2.05, 4.69) is 15.6 Å². The number of ether oxygens (including phenoxy) is 2. The monoisotopic (exact) mass is 1010 g/mol. The summed E-state index contributed by atoms with van der Waals surface area (Å²) in [7, 11) is 0. The number of benzene rings is 4. The summed E-state index contributed by atoms with van der Waals surface area (Å²) in [5.41, 5.74) is 2.30. The number of hydrogen-bond donors (Lipinski definition) is 3. The number of urea groups is 1. The minimum absolute atomic E-state index is 0.0414. The summed E-state index contributed by atoms with van der Waals surface area (Å²) in [6.45, 7) is 10.9. The maximum atomic E-state index is 14.0. The second-order valence-corrected chi connectivity index (χ2v) is 20.1. The molecule has 2 fully saturated rings. The van der Waals surface area contributed by atoms with Crippen molar-refractivity contribution in [1.82, 2.24) is 20.5 Å². The van der Waals surface area contributed by atoms with Crippen molar-refractivity contribution in [2.75, 3.05) is 36.2 Å². The number of anilines is 2. The predicted octanol–water partition coefficient (Wildman–Crippen LogP) is 8.41. The summed E-state index contributed by atoms with van der Waals surface area (Å²) >= 11 is 1.56. The molecule has 0 bridgehead atoms. The molecule has 2 saturated heterocycles. The highest BCUT2D eigenvalue weighted by Crippen LogP contribution is 2.40. The second kappa shape index (κ2) is 21.7. The molecule has 72 heavy (non-hydrogen) atoms. The summed E-state index contributed by atoms with van der Waals surface area (Å²) in [6, 6.07) is 23.4. The smallest absolute Gasteiger partial charge is 0.417 e. The van der Waals surface area contributed by atoms with Crippen LogP contribution >= 0.6 is 11.3 Å². The maximum absolute atomic E-state index is 14.0. The Balaban J connectivity index is 0.841. The molecular formula is C53H56F3N7O8S. The lowest BCUT2D eigenvalue weighted by Crippen LogP contribution is -2.58. The van der Waals surface area contributed by atoms with Gasteiger partial charge < -0.3 is 30.1 Å². The third kappa shape index (κ3) is 11.8. The van der Waals surface area contributed by atoms with Crippen LogP contribution in [0.4, 0.5) is 29.3 Å². The van der Waals surface area contributed by atoms with Crippen molar-refractivity contribution in [3.8, 4) is 33.4 Å². The van der Waals surface area contributed by atoms with Crippen LogP contribution in [0.25, 0.3) is 21.6 Å². The van der Waals surface area contributed by atoms with Gasteiger partial charge in [-0.3, -0.25) is 24.1 Å². The van der Waals surface area contributed by atoms with Gasteiger partial charge in [0.2, 0.25) is 17.7 Å². The molecule has 7 rings (SSSR count). The van der Waals surface area contributed by atoms with E-state index in [4.69, 9.17) is 9.47 Å². The van der Waals surface area contributed by atoms with Gasteiger partial charge in [-0.25, -0.2) is 14.7 Å². The lowest BCUT2D eigenvalue weighted by atomic mass is 9.85. The molecule has 2 aliphatic rings. The number of hydrogen-bond acceptors (Lipinski definition) is 11. The largest absolute Gasteiger partial charge is 0.494 e. The Bertz CT molecular complexity index is 2840. The van der Waals surface area contributed by atoms with E-state index in [1.54, 1.807) is 53.2 Å². The molecule has 6 amide bonds. The van der Waals surface area contributed by atoms with Crippen molar-refractivity contribution in [3.63, 3.8) is 0 Å². The first kappa shape index (κ1) is 52.7. The van der Waals surface area contributed by atoms with Gasteiger partial charge in [-0.15, -0.1) is 11.3 Å². The van der Waals surface area contributed by atoms with E-state index in [1.807, 2.05) is 64.1 Å². The first-order valence-electron chi connectivity index (χ1n) is 23.3. The molecule has 1 aromatic heterocycles. The zero-order valence-corrected chi connectivity index (χ0v) is 41.5. The normalized spacial score (nSPS) is 17.2. The molecule has 0 unspecified atom stereocenters. The molecule has 4 aromatic carbocycles. The molecule has 3 heterocycles. The number of alkyl halides is 3. The van der Waals surface area contributed by atoms with E-state index in [1.165, 1.54) is 29.7 Å². The number of imide groups is 1. The fourth-order valence-corrected chi connectivity index (χ4v) is 9.46. The quantitative estimate of drug-likeness (QED) is 0.0602. The van der Waals surface area contributed by atoms with Gasteiger partial charge in [0, 0.05) is 31.8 Å². The number of aliphatic hydroxyl groups is 1. The van der Waals surface area contributed by atoms with Crippen LogP contribution < -0.4 is 25.2 Å². The average Bonchev–Trinajstić information content (AvgIpc) is 4.01. The van der Waals surface area contributed by atoms with Crippen LogP contribution in [0, 0.1) is 23.7 Å². The fourth-order valence-electron chi connectivity index (χ4n) is 8.65. The minimum atomic E-state index is -4.87. The molecule has 0 radical (unpaired) electrons. The van der Waals surface area contributed by atoms with E-state index >= 15 is 0 Å². The number of carbonyl (C=O) groups is 5. The summed E-state index contributed by atoms with van der Waals surface area (Å²) < 4.78 is 52.7. The highest BCUT2D eigenvalue weighted by molar-refractivity contribution is 7.13. The standard InChI is InChI=1S/C53H56F3N7O8S/c1-32-45(72-31-59-32)36-11-9-33(10-12-36)28-58-47(66)43-26-40(64)29-61(43)48(67)46(51(2,3)4)60-44(65)30-70-23-7-8-24-71-41-21-16-35(17-22-41)34-13-18-38(19-14-34)63-50(69)62(49(68)52(63,5)6)39-20-15-37(27-57)42(25-39)53(54,55)56/h9-22,25,31,40,43,46,64H,7-8,23-24,26,28-30H2,1-6H3,(H,58,66)(H,60,65)/t40-,43+,46-/m1/s1. The Kier molecular flexibility index (Phi) is 15.9. The van der Waals surface area contributed by atoms with Crippen LogP contribution in [0.15, 0.2) is 96.5 Å². The third-order valence-corrected chi connectivity index (χ3v) is 13.5. The van der Waals surface area contributed by atoms with Crippen LogP contribution in [0.1, 0.15) is 76.3 Å². The Morgan fingerprint density at radius 3 is 2.15 bits per heavy atom. The van der Waals surface area contributed by atoms with E-state index in [0.717, 1.165) is 45.0 Å². The van der Waals surface area contributed by atoms with Gasteiger partial charge in [0.25, 0.3) is 5.91 Å². The van der Waals surface area contributed by atoms with Gasteiger partial charge in [0.05, 0.1) is 51.7 Å². The third-order valence-electron chi connectivity index (χ3n) is 12.6. The second-order valence-electron chi connectivity index (χ2n) is 19.3. The van der Waals surface area contributed by atoms with Crippen LogP contribution in [-0.2, 0) is 36.6 Å². The number of nitrogens with zero attached hydrogens (tertiary/aromatic N) is 5. The first-order chi connectivity index (χ1) is 34.1. The summed E-state index contributed by atoms with van der Waals surface area (Å²) in [4.78, 5) is 76.3. The Labute approximate surface area is 419 Å². The van der Waals surface area contributed by atoms with Crippen molar-refractivity contribution in [2.24, 2.45) is 5.41 Å². The summed E-state index contributed by atoms with van der Waals surface area (Å²) in [6.07, 6.45) is -4.50. The molecule has 2 aliphatic heterocycles. The van der Waals surface area contributed by atoms with Gasteiger partial charge in [-0.05, 0) is 104 Å². The van der Waals surface area contributed by atoms with Crippen LogP contribution in [0.3, 0.4) is 0 Å². The SMILES string of the molecule is Cc1ncsc1-c1ccc(CNC(=O)[C@@H]2C[C@@H](O)CN2C(=O)[C@@H](NC(=O)COCCCCOc2ccc(-c3ccc(N4C(=O)N(c5ccc(C#N)c(C(F)(F)F)c5)C(=O)C4(C)C)cc3)cc2)C(C)(C)C)cc1. The number of rotatable bonds is 17. The number of β-amino-alcohol motifs (C(OH)–C–C–N with tert-alkyl or cyclic N) is 1. The average molecular weight is 1010 g/mol. The van der Waals surface area contributed by atoms with E-state index < -0.39 is 76.1 Å². The summed E-state index contributed by atoms with van der Waals surface area (Å²) in [5.74, 6) is -1.46. The number of carbonyl (C=O) groups excluding carboxylic acids is 5. The van der Waals surface area contributed by atoms with Crippen molar-refractivity contribution in [2.45, 2.75) is 97.3 Å². The molecule has 19 heteroatoms. The van der Waals surface area contributed by atoms with Gasteiger partial charge in [-0.1, -0.05) is 69.3 Å². The van der Waals surface area contributed by atoms with Crippen LogP contribution in [0.5, 0.6) is 5.75 Å². The van der Waals surface area contributed by atoms with Crippen LogP contribution in [-0.4, -0.2) is 94.7 Å². The lowest BCUT2D eigenvalue weighted by Gasteiger charge is -2.35. The number of halogens is 3. The highest BCUT2D eigenvalue weighted by Gasteiger charge is 2.53. The molecule has 5 aromatic rings. The number of aromatic nitrogens is 1. The number of aliphatic hydroxyl groups excluding tert-OH is 1. The Morgan fingerprint density at radius 2 is 1.54 bits per heavy atom. The molecule has 3 N–H and O–H groups in total. The van der Waals surface area contributed by atoms with Crippen molar-refractivity contribution < 1.29 is 51.7 Å². The predicted molar refractivity (Wildman–Crippen MR) is 265 cm³/mol. The molecule has 3 atom stereocenters. The van der Waals surface area contributed by atoms with E-state index in [9.17, 15) is 47.5 Å². The van der Waals surface area contributed by atoms with Gasteiger partial charge in [0.15, 0.2) is 0 Å². The number of nitrogens with one attached hydrogen (secondary N) is 2. The van der Waals surface area contributed by atoms with Crippen molar-refractivity contribution in [1.29, 1.82) is 5.26 Å². The molecular weight excluding hydrogens is 952 g/mol. The molecule has 0 aliphatic carbocycles. The number of aryl methyl sites for hydroxylation is 1. The first-order valence-corrected chi connectivity index (χ1v) is 24.2. The zero-order chi connectivity index (χ0) is 52.1. The zero-order valence-electron chi connectivity index (χ0n) is 40.7. The molecule has 378 valence electrons. The van der Waals surface area contributed by atoms with E-state index in [-0.39, 0.29) is 38.4 Å². The maximum Gasteiger partial charge on any atom is 0.417 e. The Hall–Kier alpha value is -7.14. The molecule has 0 saturated carbocycles. The number of unbranched alkanes of at least 4 members (excludes halogenated alkanes) is 1. The Morgan fingerprint density at radius 1 is 0.917 bits per heavy atom. The topological polar surface area (TPSA) is 194 Å². The van der Waals surface area contributed by atoms with Crippen molar-refractivity contribution in [3.05, 3.63) is 119 Å². The van der Waals surface area contributed by atoms with Crippen LogP contribution in [0.2, 0.25) is 0 Å². The number of thiazole rings is 1. The highest BCUT2D eigenvalue weighted by atomic mass is 32.1.